The normalized spacial score (nSPS) is 20.5. The third kappa shape index (κ3) is 3.70. The van der Waals surface area contributed by atoms with Crippen molar-refractivity contribution in [2.24, 2.45) is 0 Å². The van der Waals surface area contributed by atoms with E-state index < -0.39 is 0 Å². The largest absolute Gasteiger partial charge is 0.321 e. The molecule has 2 N–H and O–H groups in total. The summed E-state index contributed by atoms with van der Waals surface area (Å²) in [7, 11) is 0. The van der Waals surface area contributed by atoms with Crippen LogP contribution in [0.5, 0.6) is 0 Å². The van der Waals surface area contributed by atoms with E-state index in [0.29, 0.717) is 18.5 Å². The first-order valence-electron chi connectivity index (χ1n) is 8.83. The molecule has 2 heterocycles. The van der Waals surface area contributed by atoms with Crippen LogP contribution in [0, 0.1) is 6.92 Å². The van der Waals surface area contributed by atoms with Gasteiger partial charge in [-0.3, -0.25) is 4.79 Å². The van der Waals surface area contributed by atoms with Crippen LogP contribution < -0.4 is 10.2 Å². The predicted octanol–water partition coefficient (Wildman–Crippen LogP) is 3.54. The Morgan fingerprint density at radius 2 is 2.17 bits per heavy atom. The third-order valence-corrected chi connectivity index (χ3v) is 5.94. The van der Waals surface area contributed by atoms with Crippen molar-refractivity contribution in [1.29, 1.82) is 0 Å². The maximum atomic E-state index is 12.7. The zero-order chi connectivity index (χ0) is 17.1. The van der Waals surface area contributed by atoms with Crippen molar-refractivity contribution in [2.45, 2.75) is 45.6 Å². The zero-order valence-corrected chi connectivity index (χ0v) is 15.6. The number of thiophene rings is 1. The Morgan fingerprint density at radius 1 is 1.33 bits per heavy atom. The van der Waals surface area contributed by atoms with Crippen LogP contribution in [0.2, 0.25) is 0 Å². The highest BCUT2D eigenvalue weighted by Gasteiger charge is 2.32. The number of carbonyl (C=O) groups is 1. The van der Waals surface area contributed by atoms with E-state index in [-0.39, 0.29) is 5.91 Å². The fourth-order valence-corrected chi connectivity index (χ4v) is 4.61. The van der Waals surface area contributed by atoms with Crippen LogP contribution in [-0.2, 0) is 4.79 Å². The smallest absolute Gasteiger partial charge is 0.279 e. The molecule has 128 valence electrons. The number of amides is 1. The van der Waals surface area contributed by atoms with Crippen molar-refractivity contribution in [3.63, 3.8) is 0 Å². The van der Waals surface area contributed by atoms with E-state index in [9.17, 15) is 4.79 Å². The maximum absolute atomic E-state index is 12.7. The number of likely N-dealkylation sites (tertiary alicyclic amines) is 1. The number of carbonyl (C=O) groups excluding carboxylic acids is 1. The van der Waals surface area contributed by atoms with Gasteiger partial charge in [0.15, 0.2) is 6.54 Å². The van der Waals surface area contributed by atoms with Crippen molar-refractivity contribution in [1.82, 2.24) is 0 Å². The third-order valence-electron chi connectivity index (χ3n) is 4.95. The lowest BCUT2D eigenvalue weighted by Gasteiger charge is -2.21. The van der Waals surface area contributed by atoms with Gasteiger partial charge in [-0.05, 0) is 35.4 Å². The van der Waals surface area contributed by atoms with E-state index in [0.717, 1.165) is 17.8 Å². The molecule has 1 aromatic heterocycles. The van der Waals surface area contributed by atoms with E-state index in [2.05, 4.69) is 61.8 Å². The Labute approximate surface area is 148 Å². The number of rotatable bonds is 5. The Bertz CT molecular complexity index is 694. The molecule has 2 aromatic rings. The molecule has 3 nitrogen and oxygen atoms in total. The summed E-state index contributed by atoms with van der Waals surface area (Å²) in [5.41, 5.74) is 3.36. The van der Waals surface area contributed by atoms with Gasteiger partial charge in [0, 0.05) is 18.5 Å². The van der Waals surface area contributed by atoms with Gasteiger partial charge < -0.3 is 10.2 Å². The molecular formula is C20H27N2OS+. The number of hydrogen-bond acceptors (Lipinski definition) is 2. The van der Waals surface area contributed by atoms with Crippen molar-refractivity contribution in [3.8, 4) is 0 Å². The summed E-state index contributed by atoms with van der Waals surface area (Å²) in [6.07, 6.45) is 2.39. The molecule has 0 saturated carbocycles. The fourth-order valence-electron chi connectivity index (χ4n) is 3.69. The quantitative estimate of drug-likeness (QED) is 0.855. The second-order valence-corrected chi connectivity index (χ2v) is 8.02. The van der Waals surface area contributed by atoms with Gasteiger partial charge in [-0.2, -0.15) is 0 Å². The molecule has 1 fully saturated rings. The van der Waals surface area contributed by atoms with Crippen LogP contribution in [0.4, 0.5) is 5.69 Å². The van der Waals surface area contributed by atoms with Crippen LogP contribution >= 0.6 is 11.3 Å². The van der Waals surface area contributed by atoms with Crippen molar-refractivity contribution >= 4 is 22.9 Å². The number of nitrogens with one attached hydrogen (secondary N) is 2. The molecule has 1 amide bonds. The lowest BCUT2D eigenvalue weighted by molar-refractivity contribution is -0.910. The van der Waals surface area contributed by atoms with Crippen LogP contribution in [-0.4, -0.2) is 19.0 Å². The second kappa shape index (κ2) is 7.49. The summed E-state index contributed by atoms with van der Waals surface area (Å²) in [4.78, 5) is 15.5. The highest BCUT2D eigenvalue weighted by atomic mass is 32.1. The molecule has 0 bridgehead atoms. The number of aryl methyl sites for hydroxylation is 1. The molecule has 2 atom stereocenters. The van der Waals surface area contributed by atoms with E-state index >= 15 is 0 Å². The summed E-state index contributed by atoms with van der Waals surface area (Å²) in [5.74, 6) is 0.530. The summed E-state index contributed by atoms with van der Waals surface area (Å²) in [5, 5.41) is 5.33. The topological polar surface area (TPSA) is 33.5 Å². The standard InChI is InChI=1S/C20H26N2OS/c1-14(2)16-8-4-7-15(3)20(16)21-19(23)13-22-11-5-9-17(22)18-10-6-12-24-18/h4,6-8,10,12,14,17H,5,9,11,13H2,1-3H3,(H,21,23)/p+1/t17-/m1/s1. The highest BCUT2D eigenvalue weighted by Crippen LogP contribution is 2.27. The molecule has 4 heteroatoms. The van der Waals surface area contributed by atoms with Crippen molar-refractivity contribution < 1.29 is 9.69 Å². The molecule has 0 spiro atoms. The monoisotopic (exact) mass is 343 g/mol. The van der Waals surface area contributed by atoms with Gasteiger partial charge in [-0.25, -0.2) is 0 Å². The minimum absolute atomic E-state index is 0.129. The Morgan fingerprint density at radius 3 is 2.88 bits per heavy atom. The molecule has 0 aliphatic carbocycles. The van der Waals surface area contributed by atoms with E-state index in [4.69, 9.17) is 0 Å². The summed E-state index contributed by atoms with van der Waals surface area (Å²) in [6, 6.07) is 11.0. The first-order chi connectivity index (χ1) is 11.6. The zero-order valence-electron chi connectivity index (χ0n) is 14.8. The maximum Gasteiger partial charge on any atom is 0.279 e. The molecule has 1 unspecified atom stereocenters. The Balaban J connectivity index is 1.70. The average Bonchev–Trinajstić information content (AvgIpc) is 3.19. The number of para-hydroxylation sites is 1. The Kier molecular flexibility index (Phi) is 5.36. The van der Waals surface area contributed by atoms with Gasteiger partial charge in [0.05, 0.1) is 11.4 Å². The molecule has 1 aromatic carbocycles. The van der Waals surface area contributed by atoms with Gasteiger partial charge >= 0.3 is 0 Å². The van der Waals surface area contributed by atoms with Gasteiger partial charge in [0.25, 0.3) is 5.91 Å². The number of quaternary nitrogens is 1. The first kappa shape index (κ1) is 17.2. The number of hydrogen-bond donors (Lipinski definition) is 2. The molecule has 1 aliphatic heterocycles. The summed E-state index contributed by atoms with van der Waals surface area (Å²) < 4.78 is 0. The SMILES string of the molecule is Cc1cccc(C(C)C)c1NC(=O)C[NH+]1CCC[C@@H]1c1cccs1. The number of benzene rings is 1. The van der Waals surface area contributed by atoms with Gasteiger partial charge in [0.2, 0.25) is 0 Å². The molecule has 0 radical (unpaired) electrons. The Hall–Kier alpha value is -1.65. The lowest BCUT2D eigenvalue weighted by atomic mass is 9.98. The molecule has 3 rings (SSSR count). The second-order valence-electron chi connectivity index (χ2n) is 7.04. The minimum atomic E-state index is 0.129. The van der Waals surface area contributed by atoms with Gasteiger partial charge in [-0.15, -0.1) is 11.3 Å². The van der Waals surface area contributed by atoms with Gasteiger partial charge in [-0.1, -0.05) is 38.1 Å². The molecule has 1 saturated heterocycles. The molecule has 1 aliphatic rings. The predicted molar refractivity (Wildman–Crippen MR) is 101 cm³/mol. The van der Waals surface area contributed by atoms with Crippen LogP contribution in [0.25, 0.3) is 0 Å². The fraction of sp³-hybridized carbons (Fsp3) is 0.450. The van der Waals surface area contributed by atoms with Crippen LogP contribution in [0.3, 0.4) is 0 Å². The van der Waals surface area contributed by atoms with Crippen LogP contribution in [0.15, 0.2) is 35.7 Å². The lowest BCUT2D eigenvalue weighted by Crippen LogP contribution is -3.11. The van der Waals surface area contributed by atoms with E-state index in [1.165, 1.54) is 28.2 Å². The van der Waals surface area contributed by atoms with Crippen molar-refractivity contribution in [3.05, 3.63) is 51.7 Å². The van der Waals surface area contributed by atoms with E-state index in [1.54, 1.807) is 0 Å². The number of anilines is 1. The molecule has 24 heavy (non-hydrogen) atoms. The minimum Gasteiger partial charge on any atom is -0.321 e. The van der Waals surface area contributed by atoms with Gasteiger partial charge in [0.1, 0.15) is 6.04 Å². The van der Waals surface area contributed by atoms with Crippen LogP contribution in [0.1, 0.15) is 54.7 Å². The summed E-state index contributed by atoms with van der Waals surface area (Å²) >= 11 is 1.81. The summed E-state index contributed by atoms with van der Waals surface area (Å²) in [6.45, 7) is 8.04. The van der Waals surface area contributed by atoms with E-state index in [1.807, 2.05) is 11.3 Å². The first-order valence-corrected chi connectivity index (χ1v) is 9.71. The average molecular weight is 344 g/mol. The highest BCUT2D eigenvalue weighted by molar-refractivity contribution is 7.10. The van der Waals surface area contributed by atoms with Crippen molar-refractivity contribution in [2.75, 3.05) is 18.4 Å². The molecular weight excluding hydrogens is 316 g/mol.